The van der Waals surface area contributed by atoms with E-state index in [0.717, 1.165) is 25.7 Å². The lowest BCUT2D eigenvalue weighted by atomic mass is 9.67. The Labute approximate surface area is 124 Å². The molecule has 2 nitrogen and oxygen atoms in total. The third-order valence-corrected chi connectivity index (χ3v) is 5.10. The first-order chi connectivity index (χ1) is 8.88. The minimum Gasteiger partial charge on any atom is -0.462 e. The highest BCUT2D eigenvalue weighted by atomic mass is 35.5. The van der Waals surface area contributed by atoms with Crippen LogP contribution in [0, 0.1) is 0 Å². The fourth-order valence-corrected chi connectivity index (χ4v) is 3.02. The van der Waals surface area contributed by atoms with Crippen LogP contribution in [0.1, 0.15) is 45.1 Å². The number of halogens is 2. The molecule has 0 radical (unpaired) electrons. The first-order valence-corrected chi connectivity index (χ1v) is 7.21. The average molecular weight is 301 g/mol. The molecule has 2 rings (SSSR count). The topological polar surface area (TPSA) is 26.3 Å². The second kappa shape index (κ2) is 5.34. The summed E-state index contributed by atoms with van der Waals surface area (Å²) < 4.78 is 5.21. The van der Waals surface area contributed by atoms with Gasteiger partial charge in [0.2, 0.25) is 0 Å². The third-order valence-electron chi connectivity index (χ3n) is 4.36. The van der Waals surface area contributed by atoms with E-state index in [1.54, 1.807) is 0 Å². The monoisotopic (exact) mass is 300 g/mol. The number of hydrogen-bond donors (Lipinski definition) is 0. The van der Waals surface area contributed by atoms with Crippen LogP contribution < -0.4 is 0 Å². The van der Waals surface area contributed by atoms with Gasteiger partial charge in [-0.15, -0.1) is 0 Å². The molecule has 1 aromatic carbocycles. The second-order valence-corrected chi connectivity index (χ2v) is 6.67. The van der Waals surface area contributed by atoms with Gasteiger partial charge >= 0.3 is 0 Å². The van der Waals surface area contributed by atoms with E-state index >= 15 is 0 Å². The van der Waals surface area contributed by atoms with E-state index < -0.39 is 0 Å². The fourth-order valence-electron chi connectivity index (χ4n) is 2.72. The van der Waals surface area contributed by atoms with E-state index in [4.69, 9.17) is 27.9 Å². The molecule has 0 spiro atoms. The third kappa shape index (κ3) is 3.06. The molecule has 0 atom stereocenters. The van der Waals surface area contributed by atoms with Gasteiger partial charge in [0.15, 0.2) is 0 Å². The molecule has 0 aromatic heterocycles. The van der Waals surface area contributed by atoms with Crippen molar-refractivity contribution in [1.29, 1.82) is 0 Å². The van der Waals surface area contributed by atoms with Crippen LogP contribution in [0.3, 0.4) is 0 Å². The summed E-state index contributed by atoms with van der Waals surface area (Å²) in [4.78, 5) is 10.5. The van der Waals surface area contributed by atoms with Gasteiger partial charge in [-0.1, -0.05) is 36.2 Å². The van der Waals surface area contributed by atoms with Gasteiger partial charge < -0.3 is 4.74 Å². The van der Waals surface area contributed by atoms with Crippen LogP contribution in [0.2, 0.25) is 10.0 Å². The van der Waals surface area contributed by atoms with Crippen LogP contribution in [-0.4, -0.2) is 12.1 Å². The number of carbonyl (C=O) groups excluding carboxylic acids is 1. The molecule has 0 amide bonds. The zero-order valence-electron chi connectivity index (χ0n) is 11.2. The lowest BCUT2D eigenvalue weighted by Gasteiger charge is -2.42. The van der Waals surface area contributed by atoms with E-state index in [-0.39, 0.29) is 11.0 Å². The number of rotatable bonds is 3. The van der Waals surface area contributed by atoms with E-state index in [0.29, 0.717) is 16.5 Å². The molecule has 104 valence electrons. The first kappa shape index (κ1) is 14.7. The number of hydrogen-bond acceptors (Lipinski definition) is 2. The summed E-state index contributed by atoms with van der Waals surface area (Å²) in [5.74, 6) is 0. The van der Waals surface area contributed by atoms with E-state index in [1.807, 2.05) is 25.1 Å². The molecule has 1 aromatic rings. The van der Waals surface area contributed by atoms with Crippen molar-refractivity contribution in [2.75, 3.05) is 0 Å². The summed E-state index contributed by atoms with van der Waals surface area (Å²) in [6.07, 6.45) is 3.66. The summed E-state index contributed by atoms with van der Waals surface area (Å²) in [6, 6.07) is 5.84. The quantitative estimate of drug-likeness (QED) is 0.753. The van der Waals surface area contributed by atoms with Gasteiger partial charge in [0.1, 0.15) is 5.60 Å². The van der Waals surface area contributed by atoms with Gasteiger partial charge in [-0.25, -0.2) is 0 Å². The molecular formula is C15H18Cl2O2. The van der Waals surface area contributed by atoms with Crippen molar-refractivity contribution in [3.8, 4) is 0 Å². The first-order valence-electron chi connectivity index (χ1n) is 6.46. The zero-order chi connectivity index (χ0) is 14.1. The molecule has 0 aliphatic heterocycles. The van der Waals surface area contributed by atoms with Gasteiger partial charge in [0.25, 0.3) is 6.47 Å². The highest BCUT2D eigenvalue weighted by Crippen LogP contribution is 2.44. The predicted molar refractivity (Wildman–Crippen MR) is 77.8 cm³/mol. The predicted octanol–water partition coefficient (Wildman–Crippen LogP) is 4.76. The smallest absolute Gasteiger partial charge is 0.293 e. The molecule has 1 fully saturated rings. The number of ether oxygens (including phenoxy) is 1. The van der Waals surface area contributed by atoms with Crippen LogP contribution in [0.15, 0.2) is 18.2 Å². The summed E-state index contributed by atoms with van der Waals surface area (Å²) in [7, 11) is 0. The Hall–Kier alpha value is -0.730. The van der Waals surface area contributed by atoms with Gasteiger partial charge in [0, 0.05) is 0 Å². The molecule has 0 unspecified atom stereocenters. The minimum atomic E-state index is -0.322. The average Bonchev–Trinajstić information content (AvgIpc) is 2.37. The van der Waals surface area contributed by atoms with Crippen molar-refractivity contribution < 1.29 is 9.53 Å². The van der Waals surface area contributed by atoms with Gasteiger partial charge in [0.05, 0.1) is 10.0 Å². The zero-order valence-corrected chi connectivity index (χ0v) is 12.7. The van der Waals surface area contributed by atoms with Gasteiger partial charge in [-0.05, 0) is 55.7 Å². The molecule has 0 heterocycles. The van der Waals surface area contributed by atoms with Crippen LogP contribution >= 0.6 is 23.2 Å². The Morgan fingerprint density at radius 1 is 1.11 bits per heavy atom. The Kier molecular flexibility index (Phi) is 4.12. The van der Waals surface area contributed by atoms with Crippen LogP contribution in [-0.2, 0) is 14.9 Å². The van der Waals surface area contributed by atoms with Crippen LogP contribution in [0.25, 0.3) is 0 Å². The standard InChI is InChI=1S/C15H18Cl2O2/c1-14(11-3-4-12(16)13(17)9-11)5-7-15(2,8-6-14)19-10-18/h3-4,9-10H,5-8H2,1-2H3. The molecule has 0 N–H and O–H groups in total. The van der Waals surface area contributed by atoms with E-state index in [1.165, 1.54) is 5.56 Å². The second-order valence-electron chi connectivity index (χ2n) is 5.85. The summed E-state index contributed by atoms with van der Waals surface area (Å²) in [5, 5.41) is 1.18. The maximum atomic E-state index is 10.5. The largest absolute Gasteiger partial charge is 0.462 e. The Bertz CT molecular complexity index is 477. The van der Waals surface area contributed by atoms with E-state index in [9.17, 15) is 4.79 Å². The van der Waals surface area contributed by atoms with Gasteiger partial charge in [-0.2, -0.15) is 0 Å². The molecule has 19 heavy (non-hydrogen) atoms. The summed E-state index contributed by atoms with van der Waals surface area (Å²) >= 11 is 12.1. The van der Waals surface area contributed by atoms with Crippen molar-refractivity contribution in [2.24, 2.45) is 0 Å². The molecule has 4 heteroatoms. The van der Waals surface area contributed by atoms with Crippen molar-refractivity contribution in [3.63, 3.8) is 0 Å². The molecule has 0 bridgehead atoms. The molecule has 1 aliphatic rings. The Balaban J connectivity index is 2.17. The Morgan fingerprint density at radius 3 is 2.26 bits per heavy atom. The lowest BCUT2D eigenvalue weighted by molar-refractivity contribution is -0.146. The molecular weight excluding hydrogens is 283 g/mol. The number of benzene rings is 1. The summed E-state index contributed by atoms with van der Waals surface area (Å²) in [6.45, 7) is 4.78. The SMILES string of the molecule is CC1(OC=O)CCC(C)(c2ccc(Cl)c(Cl)c2)CC1. The maximum Gasteiger partial charge on any atom is 0.293 e. The maximum absolute atomic E-state index is 10.5. The van der Waals surface area contributed by atoms with Crippen LogP contribution in [0.5, 0.6) is 0 Å². The number of carbonyl (C=O) groups is 1. The fraction of sp³-hybridized carbons (Fsp3) is 0.533. The Morgan fingerprint density at radius 2 is 1.74 bits per heavy atom. The van der Waals surface area contributed by atoms with Crippen LogP contribution in [0.4, 0.5) is 0 Å². The van der Waals surface area contributed by atoms with Crippen molar-refractivity contribution >= 4 is 29.7 Å². The highest BCUT2D eigenvalue weighted by Gasteiger charge is 2.39. The summed E-state index contributed by atoms with van der Waals surface area (Å²) in [5.41, 5.74) is 0.951. The normalized spacial score (nSPS) is 30.9. The molecule has 0 saturated heterocycles. The lowest BCUT2D eigenvalue weighted by Crippen LogP contribution is -2.39. The van der Waals surface area contributed by atoms with Crippen molar-refractivity contribution in [3.05, 3.63) is 33.8 Å². The van der Waals surface area contributed by atoms with Gasteiger partial charge in [-0.3, -0.25) is 4.79 Å². The van der Waals surface area contributed by atoms with Crippen molar-refractivity contribution in [2.45, 2.75) is 50.5 Å². The highest BCUT2D eigenvalue weighted by molar-refractivity contribution is 6.42. The van der Waals surface area contributed by atoms with Crippen molar-refractivity contribution in [1.82, 2.24) is 0 Å². The molecule has 1 aliphatic carbocycles. The molecule has 1 saturated carbocycles. The minimum absolute atomic E-state index is 0.0694. The van der Waals surface area contributed by atoms with E-state index in [2.05, 4.69) is 6.92 Å².